The predicted molar refractivity (Wildman–Crippen MR) is 105 cm³/mol. The third-order valence-electron chi connectivity index (χ3n) is 3.65. The number of carbonyl (C=O) groups is 2. The normalized spacial score (nSPS) is 15.1. The maximum absolute atomic E-state index is 12.6. The highest BCUT2D eigenvalue weighted by Gasteiger charge is 2.34. The van der Waals surface area contributed by atoms with Gasteiger partial charge in [-0.3, -0.25) is 25.1 Å². The topological polar surface area (TPSA) is 133 Å². The maximum atomic E-state index is 12.6. The number of thioether (sulfide) groups is 1. The number of nitro groups is 1. The minimum Gasteiger partial charge on any atom is -0.508 e. The fourth-order valence-corrected chi connectivity index (χ4v) is 3.43. The number of nitro benzene ring substituents is 1. The molecule has 0 spiro atoms. The Balaban J connectivity index is 1.82. The summed E-state index contributed by atoms with van der Waals surface area (Å²) < 4.78 is 0.0494. The molecule has 142 valence electrons. The molecule has 9 nitrogen and oxygen atoms in total. The number of non-ortho nitro benzene ring substituents is 1. The molecule has 0 atom stereocenters. The monoisotopic (exact) mass is 417 g/mol. The van der Waals surface area contributed by atoms with Crippen LogP contribution in [-0.4, -0.2) is 36.3 Å². The lowest BCUT2D eigenvalue weighted by molar-refractivity contribution is -0.384. The average Bonchev–Trinajstić information content (AvgIpc) is 2.91. The zero-order valence-electron chi connectivity index (χ0n) is 13.9. The summed E-state index contributed by atoms with van der Waals surface area (Å²) in [4.78, 5) is 35.1. The van der Waals surface area contributed by atoms with Crippen LogP contribution in [0, 0.1) is 10.1 Å². The van der Waals surface area contributed by atoms with Crippen molar-refractivity contribution in [3.05, 3.63) is 68.6 Å². The van der Waals surface area contributed by atoms with E-state index in [4.69, 9.17) is 12.2 Å². The van der Waals surface area contributed by atoms with Crippen molar-refractivity contribution in [1.82, 2.24) is 10.4 Å². The first kappa shape index (κ1) is 19.3. The van der Waals surface area contributed by atoms with E-state index in [9.17, 15) is 29.9 Å². The fourth-order valence-electron chi connectivity index (χ4n) is 2.26. The number of hydrazine groups is 1. The zero-order valence-corrected chi connectivity index (χ0v) is 15.5. The molecule has 28 heavy (non-hydrogen) atoms. The van der Waals surface area contributed by atoms with Gasteiger partial charge in [0, 0.05) is 23.3 Å². The third kappa shape index (κ3) is 3.94. The van der Waals surface area contributed by atoms with Crippen LogP contribution in [0.15, 0.2) is 47.4 Å². The number of hydrogen-bond acceptors (Lipinski definition) is 8. The van der Waals surface area contributed by atoms with Crippen molar-refractivity contribution in [1.29, 1.82) is 0 Å². The summed E-state index contributed by atoms with van der Waals surface area (Å²) in [5.74, 6) is -1.52. The third-order valence-corrected chi connectivity index (χ3v) is 4.95. The Morgan fingerprint density at radius 3 is 2.54 bits per heavy atom. The van der Waals surface area contributed by atoms with Crippen LogP contribution in [0.4, 0.5) is 5.69 Å². The lowest BCUT2D eigenvalue weighted by Gasteiger charge is -2.15. The Morgan fingerprint density at radius 1 is 1.21 bits per heavy atom. The minimum absolute atomic E-state index is 0.0122. The zero-order chi connectivity index (χ0) is 20.4. The van der Waals surface area contributed by atoms with Gasteiger partial charge in [0.15, 0.2) is 4.32 Å². The molecule has 0 bridgehead atoms. The van der Waals surface area contributed by atoms with Gasteiger partial charge >= 0.3 is 0 Å². The first-order valence-corrected chi connectivity index (χ1v) is 8.84. The van der Waals surface area contributed by atoms with Crippen molar-refractivity contribution in [3.63, 3.8) is 0 Å². The number of carbonyl (C=O) groups excluding carboxylic acids is 2. The van der Waals surface area contributed by atoms with E-state index < -0.39 is 16.7 Å². The van der Waals surface area contributed by atoms with Crippen LogP contribution < -0.4 is 5.43 Å². The number of thiocarbonyl (C=S) groups is 1. The predicted octanol–water partition coefficient (Wildman–Crippen LogP) is 2.55. The Hall–Kier alpha value is -3.44. The van der Waals surface area contributed by atoms with Crippen molar-refractivity contribution < 1.29 is 24.7 Å². The summed E-state index contributed by atoms with van der Waals surface area (Å²) in [6.07, 6.45) is 1.26. The lowest BCUT2D eigenvalue weighted by Crippen LogP contribution is -2.44. The fraction of sp³-hybridized carbons (Fsp3) is 0. The van der Waals surface area contributed by atoms with Gasteiger partial charge in [-0.05, 0) is 48.6 Å². The molecular formula is C17H11N3O6S2. The number of nitrogens with one attached hydrogen (secondary N) is 1. The van der Waals surface area contributed by atoms with E-state index in [1.165, 1.54) is 30.3 Å². The van der Waals surface area contributed by atoms with Gasteiger partial charge in [-0.15, -0.1) is 0 Å². The second-order valence-electron chi connectivity index (χ2n) is 5.51. The van der Waals surface area contributed by atoms with Crippen molar-refractivity contribution in [3.8, 4) is 11.5 Å². The van der Waals surface area contributed by atoms with E-state index in [-0.39, 0.29) is 37.5 Å². The van der Waals surface area contributed by atoms with Crippen molar-refractivity contribution in [2.45, 2.75) is 0 Å². The number of aromatic hydroxyl groups is 2. The molecule has 2 aromatic carbocycles. The second-order valence-corrected chi connectivity index (χ2v) is 7.18. The molecule has 1 heterocycles. The van der Waals surface area contributed by atoms with E-state index in [2.05, 4.69) is 5.43 Å². The molecule has 2 amide bonds. The van der Waals surface area contributed by atoms with Crippen molar-refractivity contribution in [2.75, 3.05) is 0 Å². The van der Waals surface area contributed by atoms with E-state index in [1.54, 1.807) is 0 Å². The van der Waals surface area contributed by atoms with E-state index in [0.717, 1.165) is 35.0 Å². The summed E-state index contributed by atoms with van der Waals surface area (Å²) in [5, 5.41) is 30.9. The van der Waals surface area contributed by atoms with E-state index >= 15 is 0 Å². The van der Waals surface area contributed by atoms with E-state index in [1.807, 2.05) is 0 Å². The lowest BCUT2D eigenvalue weighted by atomic mass is 10.1. The first-order valence-electron chi connectivity index (χ1n) is 7.61. The van der Waals surface area contributed by atoms with Crippen LogP contribution >= 0.6 is 24.0 Å². The number of benzene rings is 2. The standard InChI is InChI=1S/C17H11N3O6S2/c21-12-4-1-9(2-5-12)15(23)18-19-16(24)14(28-17(19)27)8-10-7-11(20(25)26)3-6-13(10)22/h1-8,21-22H,(H,18,23)/b14-8-. The molecule has 3 rings (SSSR count). The number of phenolic OH excluding ortho intramolecular Hbond substituents is 2. The largest absolute Gasteiger partial charge is 0.508 e. The van der Waals surface area contributed by atoms with Gasteiger partial charge in [-0.2, -0.15) is 5.01 Å². The molecule has 0 aromatic heterocycles. The maximum Gasteiger partial charge on any atom is 0.285 e. The molecule has 0 unspecified atom stereocenters. The smallest absolute Gasteiger partial charge is 0.285 e. The number of phenols is 2. The highest BCUT2D eigenvalue weighted by Crippen LogP contribution is 2.34. The van der Waals surface area contributed by atoms with Gasteiger partial charge in [0.2, 0.25) is 0 Å². The number of amides is 2. The molecule has 0 saturated carbocycles. The van der Waals surface area contributed by atoms with Crippen LogP contribution in [-0.2, 0) is 4.79 Å². The molecular weight excluding hydrogens is 406 g/mol. The first-order chi connectivity index (χ1) is 13.3. The van der Waals surface area contributed by atoms with Crippen molar-refractivity contribution >= 4 is 51.9 Å². The molecule has 11 heteroatoms. The summed E-state index contributed by atoms with van der Waals surface area (Å²) >= 11 is 5.97. The molecule has 2 aromatic rings. The molecule has 0 aliphatic carbocycles. The highest BCUT2D eigenvalue weighted by molar-refractivity contribution is 8.26. The van der Waals surface area contributed by atoms with E-state index in [0.29, 0.717) is 0 Å². The molecule has 1 fully saturated rings. The molecule has 0 radical (unpaired) electrons. The van der Waals surface area contributed by atoms with Gasteiger partial charge in [0.25, 0.3) is 17.5 Å². The van der Waals surface area contributed by atoms with Crippen LogP contribution in [0.5, 0.6) is 11.5 Å². The second kappa shape index (κ2) is 7.66. The Labute approximate surface area is 167 Å². The van der Waals surface area contributed by atoms with Gasteiger partial charge in [0.05, 0.1) is 9.83 Å². The Kier molecular flexibility index (Phi) is 5.29. The molecule has 3 N–H and O–H groups in total. The molecule has 1 aliphatic rings. The number of nitrogens with zero attached hydrogens (tertiary/aromatic N) is 2. The summed E-state index contributed by atoms with van der Waals surface area (Å²) in [7, 11) is 0. The summed E-state index contributed by atoms with van der Waals surface area (Å²) in [5.41, 5.74) is 2.38. The van der Waals surface area contributed by atoms with Crippen LogP contribution in [0.25, 0.3) is 6.08 Å². The van der Waals surface area contributed by atoms with Gasteiger partial charge in [0.1, 0.15) is 11.5 Å². The summed E-state index contributed by atoms with van der Waals surface area (Å²) in [6, 6.07) is 8.80. The van der Waals surface area contributed by atoms with Crippen LogP contribution in [0.3, 0.4) is 0 Å². The molecule has 1 saturated heterocycles. The highest BCUT2D eigenvalue weighted by atomic mass is 32.2. The average molecular weight is 417 g/mol. The number of rotatable bonds is 4. The Bertz CT molecular complexity index is 1040. The SMILES string of the molecule is O=C(NN1C(=O)/C(=C/c2cc([N+](=O)[O-])ccc2O)SC1=S)c1ccc(O)cc1. The van der Waals surface area contributed by atoms with Crippen LogP contribution in [0.1, 0.15) is 15.9 Å². The van der Waals surface area contributed by atoms with Gasteiger partial charge in [-0.25, -0.2) is 0 Å². The summed E-state index contributed by atoms with van der Waals surface area (Å²) in [6.45, 7) is 0. The van der Waals surface area contributed by atoms with Gasteiger partial charge in [-0.1, -0.05) is 11.8 Å². The minimum atomic E-state index is -0.645. The Morgan fingerprint density at radius 2 is 1.89 bits per heavy atom. The quantitative estimate of drug-likeness (QED) is 0.299. The van der Waals surface area contributed by atoms with Crippen LogP contribution in [0.2, 0.25) is 0 Å². The van der Waals surface area contributed by atoms with Gasteiger partial charge < -0.3 is 10.2 Å². The van der Waals surface area contributed by atoms with Crippen molar-refractivity contribution in [2.24, 2.45) is 0 Å². The molecule has 1 aliphatic heterocycles. The number of hydrogen-bond donors (Lipinski definition) is 3.